The molecule has 0 spiro atoms. The average Bonchev–Trinajstić information content (AvgIpc) is 2.94. The van der Waals surface area contributed by atoms with Crippen molar-refractivity contribution in [3.05, 3.63) is 46.8 Å². The van der Waals surface area contributed by atoms with Crippen molar-refractivity contribution in [2.75, 3.05) is 0 Å². The lowest BCUT2D eigenvalue weighted by atomic mass is 10.2. The van der Waals surface area contributed by atoms with E-state index in [4.69, 9.17) is 8.83 Å². The fraction of sp³-hybridized carbons (Fsp3) is 0.167. The third-order valence-corrected chi connectivity index (χ3v) is 2.87. The topological polar surface area (TPSA) is 52.1 Å². The molecule has 0 aromatic carbocycles. The third-order valence-electron chi connectivity index (χ3n) is 2.43. The third kappa shape index (κ3) is 2.24. The van der Waals surface area contributed by atoms with Crippen molar-refractivity contribution in [1.82, 2.24) is 9.97 Å². The van der Waals surface area contributed by atoms with E-state index in [1.165, 1.54) is 0 Å². The number of halogens is 1. The number of oxazole rings is 1. The van der Waals surface area contributed by atoms with E-state index >= 15 is 0 Å². The fourth-order valence-electron chi connectivity index (χ4n) is 1.63. The average molecular weight is 293 g/mol. The number of nitrogens with zero attached hydrogens (tertiary/aromatic N) is 2. The Morgan fingerprint density at radius 3 is 2.88 bits per heavy atom. The second-order valence-corrected chi connectivity index (χ2v) is 4.46. The summed E-state index contributed by atoms with van der Waals surface area (Å²) in [7, 11) is 0. The summed E-state index contributed by atoms with van der Waals surface area (Å²) in [5.74, 6) is 1.61. The Kier molecular flexibility index (Phi) is 2.68. The van der Waals surface area contributed by atoms with Crippen molar-refractivity contribution in [3.8, 4) is 0 Å². The summed E-state index contributed by atoms with van der Waals surface area (Å²) in [5.41, 5.74) is 1.34. The highest BCUT2D eigenvalue weighted by Gasteiger charge is 2.08. The molecule has 0 amide bonds. The van der Waals surface area contributed by atoms with Gasteiger partial charge in [-0.1, -0.05) is 0 Å². The summed E-state index contributed by atoms with van der Waals surface area (Å²) in [5, 5.41) is 0. The first-order valence-electron chi connectivity index (χ1n) is 5.25. The summed E-state index contributed by atoms with van der Waals surface area (Å²) in [4.78, 5) is 8.55. The quantitative estimate of drug-likeness (QED) is 0.695. The molecule has 0 bridgehead atoms. The Hall–Kier alpha value is -1.62. The second-order valence-electron chi connectivity index (χ2n) is 3.64. The van der Waals surface area contributed by atoms with Gasteiger partial charge in [-0.25, -0.2) is 4.98 Å². The molecule has 0 aliphatic carbocycles. The van der Waals surface area contributed by atoms with Crippen LogP contribution in [0.5, 0.6) is 0 Å². The van der Waals surface area contributed by atoms with Crippen LogP contribution in [0.1, 0.15) is 11.7 Å². The first-order chi connectivity index (χ1) is 8.31. The van der Waals surface area contributed by atoms with Crippen LogP contribution in [0, 0.1) is 0 Å². The molecule has 3 rings (SSSR count). The van der Waals surface area contributed by atoms with Gasteiger partial charge in [0.25, 0.3) is 0 Å². The van der Waals surface area contributed by atoms with Gasteiger partial charge in [0.2, 0.25) is 0 Å². The summed E-state index contributed by atoms with van der Waals surface area (Å²) in [6.07, 6.45) is 3.16. The number of furan rings is 1. The Bertz CT molecular complexity index is 631. The van der Waals surface area contributed by atoms with E-state index in [9.17, 15) is 0 Å². The molecule has 86 valence electrons. The lowest BCUT2D eigenvalue weighted by Crippen LogP contribution is -1.89. The number of rotatable bonds is 3. The van der Waals surface area contributed by atoms with Crippen LogP contribution in [-0.2, 0) is 12.8 Å². The SMILES string of the molecule is Brc1ccc2oc(CCc3ccco3)nc2n1. The summed E-state index contributed by atoms with van der Waals surface area (Å²) < 4.78 is 11.6. The highest BCUT2D eigenvalue weighted by atomic mass is 79.9. The van der Waals surface area contributed by atoms with Crippen LogP contribution < -0.4 is 0 Å². The Morgan fingerprint density at radius 2 is 2.06 bits per heavy atom. The normalized spacial score (nSPS) is 11.1. The monoisotopic (exact) mass is 292 g/mol. The van der Waals surface area contributed by atoms with Crippen LogP contribution >= 0.6 is 15.9 Å². The van der Waals surface area contributed by atoms with E-state index < -0.39 is 0 Å². The molecule has 5 heteroatoms. The number of pyridine rings is 1. The maximum Gasteiger partial charge on any atom is 0.199 e. The molecule has 4 nitrogen and oxygen atoms in total. The number of aromatic nitrogens is 2. The standard InChI is InChI=1S/C12H9BrN2O2/c13-10-5-4-9-12(14-10)15-11(17-9)6-3-8-2-1-7-16-8/h1-2,4-5,7H,3,6H2. The van der Waals surface area contributed by atoms with Crippen LogP contribution in [0.2, 0.25) is 0 Å². The van der Waals surface area contributed by atoms with Crippen molar-refractivity contribution in [2.45, 2.75) is 12.8 Å². The predicted octanol–water partition coefficient (Wildman–Crippen LogP) is 3.36. The minimum Gasteiger partial charge on any atom is -0.469 e. The molecular weight excluding hydrogens is 284 g/mol. The molecule has 0 aliphatic heterocycles. The van der Waals surface area contributed by atoms with Crippen LogP contribution in [0.4, 0.5) is 0 Å². The first kappa shape index (κ1) is 10.5. The lowest BCUT2D eigenvalue weighted by Gasteiger charge is -1.91. The van der Waals surface area contributed by atoms with Crippen LogP contribution in [0.25, 0.3) is 11.2 Å². The molecule has 3 aromatic heterocycles. The number of hydrogen-bond donors (Lipinski definition) is 0. The zero-order valence-electron chi connectivity index (χ0n) is 8.89. The summed E-state index contributed by atoms with van der Waals surface area (Å²) in [6.45, 7) is 0. The van der Waals surface area contributed by atoms with Crippen LogP contribution in [-0.4, -0.2) is 9.97 Å². The van der Waals surface area contributed by atoms with Gasteiger partial charge in [-0.15, -0.1) is 0 Å². The molecule has 0 N–H and O–H groups in total. The van der Waals surface area contributed by atoms with Gasteiger partial charge in [0.1, 0.15) is 10.4 Å². The molecule has 0 aliphatic rings. The van der Waals surface area contributed by atoms with E-state index in [2.05, 4.69) is 25.9 Å². The van der Waals surface area contributed by atoms with Crippen molar-refractivity contribution >= 4 is 27.2 Å². The van der Waals surface area contributed by atoms with Gasteiger partial charge < -0.3 is 8.83 Å². The lowest BCUT2D eigenvalue weighted by molar-refractivity contribution is 0.480. The molecule has 0 saturated carbocycles. The maximum atomic E-state index is 5.59. The molecule has 3 heterocycles. The largest absolute Gasteiger partial charge is 0.469 e. The van der Waals surface area contributed by atoms with Gasteiger partial charge in [-0.05, 0) is 40.2 Å². The predicted molar refractivity (Wildman–Crippen MR) is 65.6 cm³/mol. The van der Waals surface area contributed by atoms with Gasteiger partial charge in [-0.2, -0.15) is 4.98 Å². The van der Waals surface area contributed by atoms with E-state index in [0.29, 0.717) is 23.5 Å². The van der Waals surface area contributed by atoms with Crippen molar-refractivity contribution in [2.24, 2.45) is 0 Å². The number of fused-ring (bicyclic) bond motifs is 1. The van der Waals surface area contributed by atoms with E-state index in [1.807, 2.05) is 24.3 Å². The van der Waals surface area contributed by atoms with Gasteiger partial charge in [0.15, 0.2) is 17.1 Å². The first-order valence-corrected chi connectivity index (χ1v) is 6.05. The molecular formula is C12H9BrN2O2. The molecule has 0 saturated heterocycles. The number of hydrogen-bond acceptors (Lipinski definition) is 4. The van der Waals surface area contributed by atoms with Gasteiger partial charge in [0, 0.05) is 12.8 Å². The zero-order chi connectivity index (χ0) is 11.7. The van der Waals surface area contributed by atoms with Crippen molar-refractivity contribution in [3.63, 3.8) is 0 Å². The van der Waals surface area contributed by atoms with E-state index in [-0.39, 0.29) is 0 Å². The van der Waals surface area contributed by atoms with Crippen molar-refractivity contribution < 1.29 is 8.83 Å². The summed E-state index contributed by atoms with van der Waals surface area (Å²) >= 11 is 3.30. The highest BCUT2D eigenvalue weighted by Crippen LogP contribution is 2.17. The molecule has 17 heavy (non-hydrogen) atoms. The second kappa shape index (κ2) is 4.33. The fourth-order valence-corrected chi connectivity index (χ4v) is 1.93. The van der Waals surface area contributed by atoms with Gasteiger partial charge in [0.05, 0.1) is 6.26 Å². The molecule has 3 aromatic rings. The summed E-state index contributed by atoms with van der Waals surface area (Å²) in [6, 6.07) is 7.51. The molecule has 0 unspecified atom stereocenters. The Balaban J connectivity index is 1.81. The molecule has 0 radical (unpaired) electrons. The smallest absolute Gasteiger partial charge is 0.199 e. The van der Waals surface area contributed by atoms with E-state index in [1.54, 1.807) is 6.26 Å². The van der Waals surface area contributed by atoms with Gasteiger partial charge >= 0.3 is 0 Å². The zero-order valence-corrected chi connectivity index (χ0v) is 10.5. The Morgan fingerprint density at radius 1 is 1.12 bits per heavy atom. The molecule has 0 fully saturated rings. The van der Waals surface area contributed by atoms with Crippen LogP contribution in [0.15, 0.2) is 44.0 Å². The minimum absolute atomic E-state index is 0.633. The van der Waals surface area contributed by atoms with Gasteiger partial charge in [-0.3, -0.25) is 0 Å². The highest BCUT2D eigenvalue weighted by molar-refractivity contribution is 9.10. The van der Waals surface area contributed by atoms with E-state index in [0.717, 1.165) is 16.8 Å². The minimum atomic E-state index is 0.633. The molecule has 0 atom stereocenters. The van der Waals surface area contributed by atoms with Crippen molar-refractivity contribution in [1.29, 1.82) is 0 Å². The van der Waals surface area contributed by atoms with Crippen LogP contribution in [0.3, 0.4) is 0 Å². The number of aryl methyl sites for hydroxylation is 2. The Labute approximate surface area is 106 Å². The maximum absolute atomic E-state index is 5.59.